The number of nitrogens with one attached hydrogen (secondary N) is 2. The van der Waals surface area contributed by atoms with E-state index in [9.17, 15) is 28.8 Å². The number of esters is 4. The number of hydrogen-bond donors (Lipinski definition) is 2. The number of amides is 2. The topological polar surface area (TPSA) is 191 Å². The molecule has 1 heterocycles. The third-order valence-electron chi connectivity index (χ3n) is 6.77. The highest BCUT2D eigenvalue weighted by molar-refractivity contribution is 5.81. The van der Waals surface area contributed by atoms with Crippen molar-refractivity contribution in [3.8, 4) is 0 Å². The molecule has 2 aromatic carbocycles. The van der Waals surface area contributed by atoms with Gasteiger partial charge in [0.1, 0.15) is 25.4 Å². The summed E-state index contributed by atoms with van der Waals surface area (Å²) in [6.07, 6.45) is -6.06. The highest BCUT2D eigenvalue weighted by Gasteiger charge is 2.51. The number of alkyl carbamates (subject to hydrolysis) is 1. The monoisotopic (exact) mass is 672 g/mol. The van der Waals surface area contributed by atoms with Gasteiger partial charge in [-0.25, -0.2) is 9.59 Å². The van der Waals surface area contributed by atoms with E-state index in [-0.39, 0.29) is 26.2 Å². The van der Waals surface area contributed by atoms with Gasteiger partial charge in [-0.1, -0.05) is 60.7 Å². The fourth-order valence-electron chi connectivity index (χ4n) is 4.75. The summed E-state index contributed by atoms with van der Waals surface area (Å²) in [6, 6.07) is 15.0. The Morgan fingerprint density at radius 1 is 0.729 bits per heavy atom. The number of ether oxygens (including phenoxy) is 7. The fourth-order valence-corrected chi connectivity index (χ4v) is 4.75. The van der Waals surface area contributed by atoms with Crippen molar-refractivity contribution in [1.82, 2.24) is 10.6 Å². The van der Waals surface area contributed by atoms with E-state index in [1.807, 2.05) is 6.07 Å². The summed E-state index contributed by atoms with van der Waals surface area (Å²) in [5.41, 5.74) is 1.40. The lowest BCUT2D eigenvalue weighted by molar-refractivity contribution is -0.274. The largest absolute Gasteiger partial charge is 0.466 e. The number of rotatable bonds is 15. The quantitative estimate of drug-likeness (QED) is 0.207. The fraction of sp³-hybridized carbons (Fsp3) is 0.455. The van der Waals surface area contributed by atoms with Gasteiger partial charge in [0.15, 0.2) is 24.5 Å². The van der Waals surface area contributed by atoms with Crippen molar-refractivity contribution in [2.75, 3.05) is 13.2 Å². The van der Waals surface area contributed by atoms with Crippen molar-refractivity contribution < 1.29 is 61.9 Å². The van der Waals surface area contributed by atoms with Crippen LogP contribution in [-0.2, 0) is 70.3 Å². The Morgan fingerprint density at radius 2 is 1.29 bits per heavy atom. The van der Waals surface area contributed by atoms with Crippen molar-refractivity contribution in [1.29, 1.82) is 0 Å². The highest BCUT2D eigenvalue weighted by Crippen LogP contribution is 2.29. The predicted molar refractivity (Wildman–Crippen MR) is 164 cm³/mol. The Balaban J connectivity index is 1.85. The average molecular weight is 673 g/mol. The number of carbonyl (C=O) groups is 6. The Morgan fingerprint density at radius 3 is 1.83 bits per heavy atom. The zero-order valence-electron chi connectivity index (χ0n) is 27.1. The second kappa shape index (κ2) is 19.0. The minimum Gasteiger partial charge on any atom is -0.466 e. The molecule has 1 aliphatic heterocycles. The van der Waals surface area contributed by atoms with Crippen molar-refractivity contribution in [2.24, 2.45) is 0 Å². The van der Waals surface area contributed by atoms with E-state index >= 15 is 0 Å². The molecule has 0 radical (unpaired) electrons. The van der Waals surface area contributed by atoms with Crippen LogP contribution in [0.15, 0.2) is 60.7 Å². The van der Waals surface area contributed by atoms with Gasteiger partial charge in [-0.3, -0.25) is 19.2 Å². The van der Waals surface area contributed by atoms with Gasteiger partial charge in [-0.15, -0.1) is 0 Å². The van der Waals surface area contributed by atoms with E-state index < -0.39 is 79.2 Å². The molecule has 0 unspecified atom stereocenters. The van der Waals surface area contributed by atoms with Crippen LogP contribution in [0.3, 0.4) is 0 Å². The molecule has 260 valence electrons. The molecule has 48 heavy (non-hydrogen) atoms. The molecule has 6 atom stereocenters. The Kier molecular flexibility index (Phi) is 14.8. The van der Waals surface area contributed by atoms with Crippen LogP contribution in [0, 0.1) is 0 Å². The van der Waals surface area contributed by atoms with Crippen LogP contribution in [0.2, 0.25) is 0 Å². The molecule has 1 fully saturated rings. The lowest BCUT2D eigenvalue weighted by atomic mass is 9.94. The van der Waals surface area contributed by atoms with Gasteiger partial charge in [0.25, 0.3) is 0 Å². The lowest BCUT2D eigenvalue weighted by Crippen LogP contribution is -2.66. The molecule has 0 bridgehead atoms. The Hall–Kier alpha value is -5.02. The molecular weight excluding hydrogens is 632 g/mol. The van der Waals surface area contributed by atoms with E-state index in [2.05, 4.69) is 10.6 Å². The molecule has 0 spiro atoms. The van der Waals surface area contributed by atoms with Gasteiger partial charge in [0.2, 0.25) is 5.91 Å². The first-order valence-corrected chi connectivity index (χ1v) is 15.1. The van der Waals surface area contributed by atoms with Crippen LogP contribution in [0.4, 0.5) is 4.79 Å². The van der Waals surface area contributed by atoms with Gasteiger partial charge in [0, 0.05) is 34.1 Å². The second-order valence-electron chi connectivity index (χ2n) is 10.7. The molecule has 15 nitrogen and oxygen atoms in total. The van der Waals surface area contributed by atoms with Crippen LogP contribution in [0.1, 0.15) is 45.2 Å². The van der Waals surface area contributed by atoms with Crippen molar-refractivity contribution in [3.05, 3.63) is 71.8 Å². The molecular formula is C33H40N2O13. The minimum atomic E-state index is -1.43. The molecule has 0 aromatic heterocycles. The second-order valence-corrected chi connectivity index (χ2v) is 10.7. The summed E-state index contributed by atoms with van der Waals surface area (Å²) in [4.78, 5) is 73.9. The maximum Gasteiger partial charge on any atom is 0.408 e. The third-order valence-corrected chi connectivity index (χ3v) is 6.77. The average Bonchev–Trinajstić information content (AvgIpc) is 3.04. The first-order chi connectivity index (χ1) is 22.9. The molecule has 0 aliphatic carbocycles. The highest BCUT2D eigenvalue weighted by atomic mass is 16.7. The van der Waals surface area contributed by atoms with Crippen LogP contribution >= 0.6 is 0 Å². The first-order valence-electron chi connectivity index (χ1n) is 15.1. The molecule has 0 saturated carbocycles. The van der Waals surface area contributed by atoms with Crippen LogP contribution in [0.25, 0.3) is 0 Å². The third kappa shape index (κ3) is 12.6. The van der Waals surface area contributed by atoms with Crippen molar-refractivity contribution in [3.63, 3.8) is 0 Å². The van der Waals surface area contributed by atoms with Crippen molar-refractivity contribution in [2.45, 2.75) is 84.0 Å². The van der Waals surface area contributed by atoms with E-state index in [1.165, 1.54) is 13.8 Å². The van der Waals surface area contributed by atoms with Gasteiger partial charge >= 0.3 is 30.0 Å². The summed E-state index contributed by atoms with van der Waals surface area (Å²) >= 11 is 0. The SMILES string of the molecule is CC(=O)N[C@H]1[C@@H](OC[C@H](NC(=O)OCc2ccccc2)C(=O)OCc2ccccc2)O[C@H](CCOC(C)=O)[C@H](OC(C)=O)[C@@H]1OC(C)=O. The van der Waals surface area contributed by atoms with Gasteiger partial charge in [-0.2, -0.15) is 0 Å². The summed E-state index contributed by atoms with van der Waals surface area (Å²) in [6.45, 7) is 3.76. The van der Waals surface area contributed by atoms with Crippen LogP contribution in [-0.4, -0.2) is 85.8 Å². The van der Waals surface area contributed by atoms with E-state index in [1.54, 1.807) is 54.6 Å². The normalized spacial score (nSPS) is 20.7. The zero-order valence-corrected chi connectivity index (χ0v) is 27.1. The molecule has 1 saturated heterocycles. The number of hydrogen-bond acceptors (Lipinski definition) is 13. The molecule has 2 aromatic rings. The molecule has 2 N–H and O–H groups in total. The Labute approximate surface area is 277 Å². The summed E-state index contributed by atoms with van der Waals surface area (Å²) < 4.78 is 38.8. The van der Waals surface area contributed by atoms with Crippen molar-refractivity contribution >= 4 is 35.9 Å². The molecule has 3 rings (SSSR count). The minimum absolute atomic E-state index is 0.0332. The molecule has 1 aliphatic rings. The summed E-state index contributed by atoms with van der Waals surface area (Å²) in [5, 5.41) is 5.03. The maximum absolute atomic E-state index is 13.3. The van der Waals surface area contributed by atoms with Gasteiger partial charge < -0.3 is 43.8 Å². The Bertz CT molecular complexity index is 1390. The van der Waals surface area contributed by atoms with Gasteiger partial charge in [-0.05, 0) is 11.1 Å². The standard InChI is InChI=1S/C33H40N2O13/c1-20(36)34-28-30(47-23(4)39)29(46-22(3)38)27(15-16-42-21(2)37)48-32(28)44-19-26(31(40)43-17-24-11-7-5-8-12-24)35-33(41)45-18-25-13-9-6-10-14-25/h5-14,26-30,32H,15-19H2,1-4H3,(H,34,36)(H,35,41)/t26-,27+,28+,29-,30+,32-/m0/s1. The lowest BCUT2D eigenvalue weighted by Gasteiger charge is -2.45. The van der Waals surface area contributed by atoms with Crippen LogP contribution in [0.5, 0.6) is 0 Å². The number of benzene rings is 2. The number of carbonyl (C=O) groups excluding carboxylic acids is 6. The predicted octanol–water partition coefficient (Wildman–Crippen LogP) is 2.09. The van der Waals surface area contributed by atoms with Crippen LogP contribution < -0.4 is 10.6 Å². The zero-order chi connectivity index (χ0) is 35.1. The van der Waals surface area contributed by atoms with E-state index in [4.69, 9.17) is 33.2 Å². The summed E-state index contributed by atoms with van der Waals surface area (Å²) in [7, 11) is 0. The maximum atomic E-state index is 13.3. The van der Waals surface area contributed by atoms with E-state index in [0.717, 1.165) is 13.8 Å². The first kappa shape index (κ1) is 37.4. The molecule has 15 heteroatoms. The summed E-state index contributed by atoms with van der Waals surface area (Å²) in [5.74, 6) is -3.52. The van der Waals surface area contributed by atoms with Gasteiger partial charge in [0.05, 0.1) is 13.2 Å². The van der Waals surface area contributed by atoms with E-state index in [0.29, 0.717) is 11.1 Å². The molecule has 2 amide bonds. The smallest absolute Gasteiger partial charge is 0.408 e.